The van der Waals surface area contributed by atoms with Gasteiger partial charge in [-0.1, -0.05) is 15.9 Å². The second-order valence-corrected chi connectivity index (χ2v) is 3.42. The van der Waals surface area contributed by atoms with Gasteiger partial charge in [-0.25, -0.2) is 0 Å². The molecule has 0 saturated carbocycles. The van der Waals surface area contributed by atoms with Gasteiger partial charge in [-0.2, -0.15) is 0 Å². The normalized spacial score (nSPS) is 9.83. The molecule has 0 aliphatic carbocycles. The van der Waals surface area contributed by atoms with Crippen LogP contribution in [0, 0.1) is 10.1 Å². The van der Waals surface area contributed by atoms with Crippen LogP contribution in [0.1, 0.15) is 5.56 Å². The first-order valence-electron chi connectivity index (χ1n) is 2.99. The molecule has 0 aromatic carbocycles. The highest BCUT2D eigenvalue weighted by atomic mass is 79.9. The standard InChI is InChI=1S/C6H4Br2N2O2/c7-1-4-5(8)2-9-3-6(4)10(11)12/h2-3H,1H2. The third-order valence-corrected chi connectivity index (χ3v) is 2.56. The van der Waals surface area contributed by atoms with Gasteiger partial charge in [0.05, 0.1) is 10.5 Å². The summed E-state index contributed by atoms with van der Waals surface area (Å²) in [6, 6.07) is 0. The Hall–Kier alpha value is -0.490. The predicted octanol–water partition coefficient (Wildman–Crippen LogP) is 2.65. The fraction of sp³-hybridized carbons (Fsp3) is 0.167. The van der Waals surface area contributed by atoms with Gasteiger partial charge in [-0.05, 0) is 15.9 Å². The lowest BCUT2D eigenvalue weighted by molar-refractivity contribution is -0.385. The molecule has 0 atom stereocenters. The Bertz CT molecular complexity index is 316. The topological polar surface area (TPSA) is 56.0 Å². The molecule has 0 bridgehead atoms. The summed E-state index contributed by atoms with van der Waals surface area (Å²) in [7, 11) is 0. The number of nitro groups is 1. The molecule has 1 rings (SSSR count). The van der Waals surface area contributed by atoms with E-state index >= 15 is 0 Å². The van der Waals surface area contributed by atoms with E-state index < -0.39 is 4.92 Å². The molecule has 0 spiro atoms. The highest BCUT2D eigenvalue weighted by Crippen LogP contribution is 2.26. The van der Waals surface area contributed by atoms with E-state index in [-0.39, 0.29) is 5.69 Å². The van der Waals surface area contributed by atoms with Gasteiger partial charge >= 0.3 is 0 Å². The minimum Gasteiger partial charge on any atom is -0.258 e. The smallest absolute Gasteiger partial charge is 0.258 e. The molecular weight excluding hydrogens is 292 g/mol. The maximum atomic E-state index is 10.5. The number of hydrogen-bond acceptors (Lipinski definition) is 3. The van der Waals surface area contributed by atoms with Crippen molar-refractivity contribution in [3.05, 3.63) is 32.5 Å². The minimum atomic E-state index is -0.450. The van der Waals surface area contributed by atoms with Crippen LogP contribution in [0.3, 0.4) is 0 Å². The number of halogens is 2. The van der Waals surface area contributed by atoms with Crippen LogP contribution in [-0.4, -0.2) is 9.91 Å². The third kappa shape index (κ3) is 1.81. The summed E-state index contributed by atoms with van der Waals surface area (Å²) in [5, 5.41) is 10.9. The number of alkyl halides is 1. The van der Waals surface area contributed by atoms with Crippen LogP contribution in [0.4, 0.5) is 5.69 Å². The molecule has 0 fully saturated rings. The fourth-order valence-corrected chi connectivity index (χ4v) is 2.17. The molecule has 1 aromatic heterocycles. The summed E-state index contributed by atoms with van der Waals surface area (Å²) in [6.07, 6.45) is 2.77. The molecule has 64 valence electrons. The van der Waals surface area contributed by atoms with Crippen molar-refractivity contribution >= 4 is 37.5 Å². The zero-order valence-electron chi connectivity index (χ0n) is 5.83. The van der Waals surface area contributed by atoms with Crippen LogP contribution >= 0.6 is 31.9 Å². The van der Waals surface area contributed by atoms with Crippen LogP contribution in [-0.2, 0) is 5.33 Å². The summed E-state index contributed by atoms with van der Waals surface area (Å²) in [6.45, 7) is 0. The molecule has 1 aromatic rings. The number of hydrogen-bond donors (Lipinski definition) is 0. The SMILES string of the molecule is O=[N+]([O-])c1cncc(Br)c1CBr. The Kier molecular flexibility index (Phi) is 3.16. The number of rotatable bonds is 2. The summed E-state index contributed by atoms with van der Waals surface area (Å²) in [5.41, 5.74) is 0.635. The van der Waals surface area contributed by atoms with E-state index in [2.05, 4.69) is 36.8 Å². The molecule has 0 aliphatic heterocycles. The van der Waals surface area contributed by atoms with E-state index in [0.29, 0.717) is 15.4 Å². The molecule has 0 radical (unpaired) electrons. The van der Waals surface area contributed by atoms with E-state index in [1.54, 1.807) is 0 Å². The van der Waals surface area contributed by atoms with Crippen molar-refractivity contribution in [2.24, 2.45) is 0 Å². The summed E-state index contributed by atoms with van der Waals surface area (Å²) in [5.74, 6) is 0. The Morgan fingerprint density at radius 2 is 2.25 bits per heavy atom. The van der Waals surface area contributed by atoms with Crippen molar-refractivity contribution in [1.29, 1.82) is 0 Å². The largest absolute Gasteiger partial charge is 0.292 e. The van der Waals surface area contributed by atoms with Gasteiger partial charge in [0, 0.05) is 16.0 Å². The molecule has 0 saturated heterocycles. The van der Waals surface area contributed by atoms with Gasteiger partial charge < -0.3 is 0 Å². The van der Waals surface area contributed by atoms with Gasteiger partial charge in [-0.3, -0.25) is 15.1 Å². The van der Waals surface area contributed by atoms with Crippen LogP contribution in [0.5, 0.6) is 0 Å². The Labute approximate surface area is 85.4 Å². The lowest BCUT2D eigenvalue weighted by Crippen LogP contribution is -1.95. The van der Waals surface area contributed by atoms with E-state index in [1.807, 2.05) is 0 Å². The van der Waals surface area contributed by atoms with Gasteiger partial charge in [-0.15, -0.1) is 0 Å². The maximum absolute atomic E-state index is 10.5. The Morgan fingerprint density at radius 1 is 1.58 bits per heavy atom. The maximum Gasteiger partial charge on any atom is 0.292 e. The number of pyridine rings is 1. The lowest BCUT2D eigenvalue weighted by Gasteiger charge is -1.99. The average molecular weight is 296 g/mol. The number of nitrogens with zero attached hydrogens (tertiary/aromatic N) is 2. The Balaban J connectivity index is 3.27. The molecule has 0 aliphatic rings. The minimum absolute atomic E-state index is 0.0289. The monoisotopic (exact) mass is 294 g/mol. The Morgan fingerprint density at radius 3 is 2.67 bits per heavy atom. The fourth-order valence-electron chi connectivity index (χ4n) is 0.741. The first-order valence-corrected chi connectivity index (χ1v) is 4.91. The summed E-state index contributed by atoms with van der Waals surface area (Å²) < 4.78 is 0.647. The molecule has 1 heterocycles. The van der Waals surface area contributed by atoms with Crippen molar-refractivity contribution in [2.75, 3.05) is 0 Å². The summed E-state index contributed by atoms with van der Waals surface area (Å²) >= 11 is 6.34. The molecular formula is C6H4Br2N2O2. The average Bonchev–Trinajstić information content (AvgIpc) is 2.03. The molecule has 0 N–H and O–H groups in total. The second kappa shape index (κ2) is 3.95. The first kappa shape index (κ1) is 9.60. The highest BCUT2D eigenvalue weighted by Gasteiger charge is 2.15. The molecule has 4 nitrogen and oxygen atoms in total. The molecule has 12 heavy (non-hydrogen) atoms. The summed E-state index contributed by atoms with van der Waals surface area (Å²) in [4.78, 5) is 13.7. The van der Waals surface area contributed by atoms with Crippen LogP contribution in [0.15, 0.2) is 16.9 Å². The molecule has 0 unspecified atom stereocenters. The van der Waals surface area contributed by atoms with Crippen molar-refractivity contribution in [2.45, 2.75) is 5.33 Å². The van der Waals surface area contributed by atoms with Gasteiger partial charge in [0.1, 0.15) is 6.20 Å². The third-order valence-electron chi connectivity index (χ3n) is 1.31. The van der Waals surface area contributed by atoms with E-state index in [4.69, 9.17) is 0 Å². The van der Waals surface area contributed by atoms with Crippen LogP contribution in [0.25, 0.3) is 0 Å². The van der Waals surface area contributed by atoms with Crippen molar-refractivity contribution in [3.8, 4) is 0 Å². The van der Waals surface area contributed by atoms with Crippen molar-refractivity contribution in [1.82, 2.24) is 4.98 Å². The molecule has 0 amide bonds. The van der Waals surface area contributed by atoms with Crippen LogP contribution in [0.2, 0.25) is 0 Å². The second-order valence-electron chi connectivity index (χ2n) is 2.01. The quantitative estimate of drug-likeness (QED) is 0.479. The van der Waals surface area contributed by atoms with E-state index in [0.717, 1.165) is 0 Å². The van der Waals surface area contributed by atoms with Crippen LogP contribution < -0.4 is 0 Å². The van der Waals surface area contributed by atoms with Crippen molar-refractivity contribution in [3.63, 3.8) is 0 Å². The highest BCUT2D eigenvalue weighted by molar-refractivity contribution is 9.10. The lowest BCUT2D eigenvalue weighted by atomic mass is 10.3. The van der Waals surface area contributed by atoms with Gasteiger partial charge in [0.2, 0.25) is 0 Å². The molecule has 6 heteroatoms. The van der Waals surface area contributed by atoms with Gasteiger partial charge in [0.25, 0.3) is 5.69 Å². The van der Waals surface area contributed by atoms with Gasteiger partial charge in [0.15, 0.2) is 0 Å². The zero-order chi connectivity index (χ0) is 9.14. The number of aromatic nitrogens is 1. The van der Waals surface area contributed by atoms with E-state index in [1.165, 1.54) is 12.4 Å². The zero-order valence-corrected chi connectivity index (χ0v) is 9.00. The van der Waals surface area contributed by atoms with Crippen molar-refractivity contribution < 1.29 is 4.92 Å². The first-order chi connectivity index (χ1) is 5.66. The van der Waals surface area contributed by atoms with E-state index in [9.17, 15) is 10.1 Å². The predicted molar refractivity (Wildman–Crippen MR) is 51.2 cm³/mol.